The van der Waals surface area contributed by atoms with Gasteiger partial charge in [0, 0.05) is 11.1 Å². The van der Waals surface area contributed by atoms with Gasteiger partial charge in [-0.1, -0.05) is 35.9 Å². The molecule has 0 radical (unpaired) electrons. The third kappa shape index (κ3) is 2.43. The van der Waals surface area contributed by atoms with Crippen molar-refractivity contribution in [3.63, 3.8) is 0 Å². The Hall–Kier alpha value is -2.46. The number of pyridine rings is 1. The standard InChI is InChI=1S/C19H14ClFN2O/c20-13-7-4-10-16(18(13)21)23-19(24)17-11-5-1-2-8-14(11)22-15-9-3-6-12(15)17/h1-2,4-5,7-8,10H,3,6,9H2,(H,23,24). The zero-order chi connectivity index (χ0) is 16.7. The number of fused-ring (bicyclic) bond motifs is 2. The number of aryl methyl sites for hydroxylation is 1. The average Bonchev–Trinajstić information content (AvgIpc) is 3.04. The number of nitrogens with one attached hydrogen (secondary N) is 1. The molecule has 1 aliphatic carbocycles. The van der Waals surface area contributed by atoms with Crippen LogP contribution >= 0.6 is 11.6 Å². The first-order valence-corrected chi connectivity index (χ1v) is 8.19. The van der Waals surface area contributed by atoms with E-state index in [1.807, 2.05) is 24.3 Å². The van der Waals surface area contributed by atoms with Crippen molar-refractivity contribution < 1.29 is 9.18 Å². The minimum atomic E-state index is -0.623. The summed E-state index contributed by atoms with van der Waals surface area (Å²) in [5, 5.41) is 3.44. The molecule has 4 rings (SSSR count). The number of rotatable bonds is 2. The Labute approximate surface area is 143 Å². The van der Waals surface area contributed by atoms with E-state index in [0.717, 1.165) is 41.4 Å². The zero-order valence-corrected chi connectivity index (χ0v) is 13.5. The summed E-state index contributed by atoms with van der Waals surface area (Å²) in [6, 6.07) is 12.1. The molecular formula is C19H14ClFN2O. The number of hydrogen-bond donors (Lipinski definition) is 1. The second kappa shape index (κ2) is 5.87. The van der Waals surface area contributed by atoms with Crippen LogP contribution in [0, 0.1) is 5.82 Å². The number of nitrogens with zero attached hydrogens (tertiary/aromatic N) is 1. The lowest BCUT2D eigenvalue weighted by Gasteiger charge is -2.13. The smallest absolute Gasteiger partial charge is 0.256 e. The lowest BCUT2D eigenvalue weighted by Crippen LogP contribution is -2.16. The predicted molar refractivity (Wildman–Crippen MR) is 93.1 cm³/mol. The minimum absolute atomic E-state index is 0.0161. The molecule has 1 aliphatic rings. The molecule has 1 amide bonds. The number of hydrogen-bond acceptors (Lipinski definition) is 2. The van der Waals surface area contributed by atoms with Gasteiger partial charge in [-0.25, -0.2) is 4.39 Å². The molecule has 0 atom stereocenters. The van der Waals surface area contributed by atoms with Crippen LogP contribution in [-0.2, 0) is 12.8 Å². The summed E-state index contributed by atoms with van der Waals surface area (Å²) in [4.78, 5) is 17.6. The highest BCUT2D eigenvalue weighted by Gasteiger charge is 2.24. The van der Waals surface area contributed by atoms with Gasteiger partial charge in [0.15, 0.2) is 5.82 Å². The minimum Gasteiger partial charge on any atom is -0.319 e. The number of amides is 1. The molecular weight excluding hydrogens is 327 g/mol. The summed E-state index contributed by atoms with van der Waals surface area (Å²) in [7, 11) is 0. The molecule has 3 nitrogen and oxygen atoms in total. The van der Waals surface area contributed by atoms with Gasteiger partial charge >= 0.3 is 0 Å². The van der Waals surface area contributed by atoms with E-state index >= 15 is 0 Å². The largest absolute Gasteiger partial charge is 0.319 e. The molecule has 0 aliphatic heterocycles. The average molecular weight is 341 g/mol. The number of carbonyl (C=O) groups excluding carboxylic acids is 1. The van der Waals surface area contributed by atoms with E-state index in [-0.39, 0.29) is 16.6 Å². The first kappa shape index (κ1) is 15.1. The summed E-state index contributed by atoms with van der Waals surface area (Å²) < 4.78 is 14.1. The van der Waals surface area contributed by atoms with Gasteiger partial charge in [-0.2, -0.15) is 0 Å². The maximum Gasteiger partial charge on any atom is 0.256 e. The van der Waals surface area contributed by atoms with Crippen molar-refractivity contribution in [2.24, 2.45) is 0 Å². The van der Waals surface area contributed by atoms with E-state index in [2.05, 4.69) is 10.3 Å². The molecule has 1 N–H and O–H groups in total. The van der Waals surface area contributed by atoms with E-state index in [4.69, 9.17) is 11.6 Å². The van der Waals surface area contributed by atoms with Crippen molar-refractivity contribution in [2.75, 3.05) is 5.32 Å². The first-order chi connectivity index (χ1) is 11.6. The number of carbonyl (C=O) groups is 1. The van der Waals surface area contributed by atoms with Crippen LogP contribution in [0.15, 0.2) is 42.5 Å². The second-order valence-electron chi connectivity index (χ2n) is 5.84. The van der Waals surface area contributed by atoms with E-state index in [1.54, 1.807) is 6.07 Å². The van der Waals surface area contributed by atoms with Crippen molar-refractivity contribution in [1.82, 2.24) is 4.98 Å². The third-order valence-corrected chi connectivity index (χ3v) is 4.64. The van der Waals surface area contributed by atoms with Crippen molar-refractivity contribution in [2.45, 2.75) is 19.3 Å². The molecule has 2 aromatic carbocycles. The zero-order valence-electron chi connectivity index (χ0n) is 12.8. The van der Waals surface area contributed by atoms with Gasteiger partial charge < -0.3 is 5.32 Å². The van der Waals surface area contributed by atoms with E-state index < -0.39 is 5.82 Å². The van der Waals surface area contributed by atoms with Gasteiger partial charge in [0.25, 0.3) is 5.91 Å². The summed E-state index contributed by atoms with van der Waals surface area (Å²) in [6.45, 7) is 0. The van der Waals surface area contributed by atoms with Crippen LogP contribution in [0.25, 0.3) is 10.9 Å². The Morgan fingerprint density at radius 3 is 2.83 bits per heavy atom. The molecule has 24 heavy (non-hydrogen) atoms. The topological polar surface area (TPSA) is 42.0 Å². The van der Waals surface area contributed by atoms with E-state index in [9.17, 15) is 9.18 Å². The molecule has 0 fully saturated rings. The van der Waals surface area contributed by atoms with Crippen molar-refractivity contribution >= 4 is 34.1 Å². The van der Waals surface area contributed by atoms with Gasteiger partial charge in [0.1, 0.15) is 0 Å². The Kier molecular flexibility index (Phi) is 3.69. The highest BCUT2D eigenvalue weighted by Crippen LogP contribution is 2.31. The maximum absolute atomic E-state index is 14.1. The fourth-order valence-electron chi connectivity index (χ4n) is 3.26. The summed E-state index contributed by atoms with van der Waals surface area (Å²) in [5.41, 5.74) is 3.39. The van der Waals surface area contributed by atoms with Crippen LogP contribution in [0.5, 0.6) is 0 Å². The second-order valence-corrected chi connectivity index (χ2v) is 6.25. The SMILES string of the molecule is O=C(Nc1cccc(Cl)c1F)c1c2c(nc3ccccc13)CCC2. The fourth-order valence-corrected chi connectivity index (χ4v) is 3.43. The fraction of sp³-hybridized carbons (Fsp3) is 0.158. The van der Waals surface area contributed by atoms with Gasteiger partial charge in [-0.15, -0.1) is 0 Å². The van der Waals surface area contributed by atoms with Crippen LogP contribution in [0.4, 0.5) is 10.1 Å². The lowest BCUT2D eigenvalue weighted by atomic mass is 10.0. The molecule has 0 bridgehead atoms. The lowest BCUT2D eigenvalue weighted by molar-refractivity contribution is 0.102. The van der Waals surface area contributed by atoms with Crippen LogP contribution < -0.4 is 5.32 Å². The van der Waals surface area contributed by atoms with Gasteiger partial charge in [-0.05, 0) is 43.0 Å². The van der Waals surface area contributed by atoms with Gasteiger partial charge in [0.05, 0.1) is 21.8 Å². The van der Waals surface area contributed by atoms with Gasteiger partial charge in [0.2, 0.25) is 0 Å². The quantitative estimate of drug-likeness (QED) is 0.730. The summed E-state index contributed by atoms with van der Waals surface area (Å²) in [5.74, 6) is -0.949. The summed E-state index contributed by atoms with van der Waals surface area (Å²) in [6.07, 6.45) is 2.66. The van der Waals surface area contributed by atoms with E-state index in [1.165, 1.54) is 12.1 Å². The molecule has 3 aromatic rings. The number of halogens is 2. The molecule has 1 aromatic heterocycles. The highest BCUT2D eigenvalue weighted by atomic mass is 35.5. The maximum atomic E-state index is 14.1. The highest BCUT2D eigenvalue weighted by molar-refractivity contribution is 6.31. The number of benzene rings is 2. The molecule has 0 unspecified atom stereocenters. The Morgan fingerprint density at radius 1 is 1.12 bits per heavy atom. The van der Waals surface area contributed by atoms with Gasteiger partial charge in [-0.3, -0.25) is 9.78 Å². The predicted octanol–water partition coefficient (Wildman–Crippen LogP) is 4.77. The van der Waals surface area contributed by atoms with Crippen molar-refractivity contribution in [1.29, 1.82) is 0 Å². The number of anilines is 1. The number of aromatic nitrogens is 1. The number of para-hydroxylation sites is 1. The van der Waals surface area contributed by atoms with Crippen LogP contribution in [-0.4, -0.2) is 10.9 Å². The van der Waals surface area contributed by atoms with Crippen LogP contribution in [0.1, 0.15) is 28.0 Å². The molecule has 1 heterocycles. The normalized spacial score (nSPS) is 13.1. The monoisotopic (exact) mass is 340 g/mol. The Morgan fingerprint density at radius 2 is 1.96 bits per heavy atom. The molecule has 0 spiro atoms. The summed E-state index contributed by atoms with van der Waals surface area (Å²) >= 11 is 5.80. The van der Waals surface area contributed by atoms with Crippen molar-refractivity contribution in [3.8, 4) is 0 Å². The molecule has 5 heteroatoms. The molecule has 0 saturated heterocycles. The van der Waals surface area contributed by atoms with Crippen LogP contribution in [0.2, 0.25) is 5.02 Å². The molecule has 120 valence electrons. The Bertz CT molecular complexity index is 971. The van der Waals surface area contributed by atoms with Crippen molar-refractivity contribution in [3.05, 3.63) is 70.1 Å². The molecule has 0 saturated carbocycles. The first-order valence-electron chi connectivity index (χ1n) is 7.81. The van der Waals surface area contributed by atoms with Crippen LogP contribution in [0.3, 0.4) is 0 Å². The van der Waals surface area contributed by atoms with E-state index in [0.29, 0.717) is 5.56 Å². The Balaban J connectivity index is 1.84. The third-order valence-electron chi connectivity index (χ3n) is 4.35.